The number of halogens is 1. The van der Waals surface area contributed by atoms with Crippen LogP contribution in [0.25, 0.3) is 5.65 Å². The van der Waals surface area contributed by atoms with Gasteiger partial charge in [-0.1, -0.05) is 11.6 Å². The molecule has 16 nitrogen and oxygen atoms in total. The van der Waals surface area contributed by atoms with Crippen LogP contribution in [-0.2, 0) is 9.09 Å². The van der Waals surface area contributed by atoms with E-state index < -0.39 is 26.1 Å². The average Bonchev–Trinajstić information content (AvgIpc) is 3.64. The molecular formula is C23H24ClN10O6P. The number of aromatic nitrogens is 4. The molecule has 1 saturated carbocycles. The van der Waals surface area contributed by atoms with Gasteiger partial charge in [-0.05, 0) is 31.4 Å². The average molecular weight is 603 g/mol. The molecule has 3 aromatic rings. The maximum atomic E-state index is 11.7. The number of likely N-dealkylation sites (N-methyl/N-ethyl adjacent to an activating group) is 1. The summed E-state index contributed by atoms with van der Waals surface area (Å²) in [7, 11) is -3.67. The molecule has 2 aliphatic rings. The molecule has 0 bridgehead atoms. The minimum atomic E-state index is -4.97. The standard InChI is InChI=1S/C23H24ClN10O6P/c1-32(23(35)36)16-4-5-33(11-18(16)40-41(37,38)39)17-7-12(8-25)6-15(19(17)24)29-22-30-20(28-13-2-3-13)21-27-10-14(9-26)34(21)31-22/h6-7,10,13,16,18H,2-5,11H2,1H3,(H,35,36)(H2,37,38,39)(H2,28,29,30,31)/t16-,18+/m0/s1. The van der Waals surface area contributed by atoms with E-state index in [1.807, 2.05) is 6.07 Å². The zero-order chi connectivity index (χ0) is 29.5. The van der Waals surface area contributed by atoms with Crippen molar-refractivity contribution in [3.63, 3.8) is 0 Å². The topological polar surface area (TPSA) is 225 Å². The third-order valence-corrected chi connectivity index (χ3v) is 7.70. The summed E-state index contributed by atoms with van der Waals surface area (Å²) < 4.78 is 18.0. The lowest BCUT2D eigenvalue weighted by Gasteiger charge is -2.42. The summed E-state index contributed by atoms with van der Waals surface area (Å²) in [4.78, 5) is 41.9. The predicted octanol–water partition coefficient (Wildman–Crippen LogP) is 2.51. The van der Waals surface area contributed by atoms with Crippen LogP contribution in [0.4, 0.5) is 27.9 Å². The second-order valence-corrected chi connectivity index (χ2v) is 11.2. The van der Waals surface area contributed by atoms with Gasteiger partial charge in [-0.2, -0.15) is 20.0 Å². The van der Waals surface area contributed by atoms with E-state index in [2.05, 4.69) is 31.8 Å². The highest BCUT2D eigenvalue weighted by Crippen LogP contribution is 2.42. The second kappa shape index (κ2) is 11.0. The lowest BCUT2D eigenvalue weighted by molar-refractivity contribution is 0.0441. The van der Waals surface area contributed by atoms with Crippen LogP contribution in [0.15, 0.2) is 18.3 Å². The van der Waals surface area contributed by atoms with Crippen molar-refractivity contribution in [2.75, 3.05) is 35.7 Å². The van der Waals surface area contributed by atoms with Crippen molar-refractivity contribution in [1.29, 1.82) is 10.5 Å². The Balaban J connectivity index is 1.49. The van der Waals surface area contributed by atoms with E-state index in [4.69, 9.17) is 16.1 Å². The van der Waals surface area contributed by atoms with Crippen LogP contribution in [0.1, 0.15) is 30.5 Å². The van der Waals surface area contributed by atoms with Crippen LogP contribution in [0.3, 0.4) is 0 Å². The maximum absolute atomic E-state index is 11.7. The molecule has 1 aromatic carbocycles. The van der Waals surface area contributed by atoms with E-state index in [0.717, 1.165) is 17.7 Å². The monoisotopic (exact) mass is 602 g/mol. The fourth-order valence-electron chi connectivity index (χ4n) is 4.63. The minimum absolute atomic E-state index is 0.0718. The molecule has 2 atom stereocenters. The SMILES string of the molecule is CN(C(=O)O)[C@H]1CCN(c2cc(C#N)cc(Nc3nc(NC4CC4)c4ncc(C#N)n4n3)c2Cl)C[C@H]1OP(=O)(O)O. The number of benzene rings is 1. The van der Waals surface area contributed by atoms with Crippen LogP contribution >= 0.6 is 19.4 Å². The normalized spacial score (nSPS) is 18.9. The first-order valence-electron chi connectivity index (χ1n) is 12.3. The molecule has 214 valence electrons. The summed E-state index contributed by atoms with van der Waals surface area (Å²) >= 11 is 6.79. The molecule has 1 aliphatic carbocycles. The van der Waals surface area contributed by atoms with Gasteiger partial charge in [0, 0.05) is 26.2 Å². The van der Waals surface area contributed by atoms with Gasteiger partial charge in [0.2, 0.25) is 5.95 Å². The molecule has 0 spiro atoms. The van der Waals surface area contributed by atoms with Gasteiger partial charge in [0.1, 0.15) is 12.2 Å². The highest BCUT2D eigenvalue weighted by Gasteiger charge is 2.39. The first kappa shape index (κ1) is 28.4. The van der Waals surface area contributed by atoms with Crippen molar-refractivity contribution in [2.24, 2.45) is 0 Å². The van der Waals surface area contributed by atoms with Crippen molar-refractivity contribution >= 4 is 54.3 Å². The Hall–Kier alpha value is -4.18. The largest absolute Gasteiger partial charge is 0.469 e. The van der Waals surface area contributed by atoms with Gasteiger partial charge in [-0.15, -0.1) is 5.10 Å². The van der Waals surface area contributed by atoms with E-state index in [-0.39, 0.29) is 53.5 Å². The first-order chi connectivity index (χ1) is 19.5. The Morgan fingerprint density at radius 2 is 2.02 bits per heavy atom. The Bertz CT molecular complexity index is 1640. The third kappa shape index (κ3) is 6.12. The molecular weight excluding hydrogens is 579 g/mol. The molecule has 1 aliphatic heterocycles. The Morgan fingerprint density at radius 1 is 1.27 bits per heavy atom. The molecule has 5 rings (SSSR count). The van der Waals surface area contributed by atoms with E-state index in [9.17, 15) is 34.8 Å². The van der Waals surface area contributed by atoms with Crippen LogP contribution in [0, 0.1) is 22.7 Å². The minimum Gasteiger partial charge on any atom is -0.465 e. The number of hydrogen-bond donors (Lipinski definition) is 5. The number of nitrogens with zero attached hydrogens (tertiary/aromatic N) is 8. The van der Waals surface area contributed by atoms with Gasteiger partial charge in [-0.3, -0.25) is 4.52 Å². The highest BCUT2D eigenvalue weighted by atomic mass is 35.5. The fraction of sp³-hybridized carbons (Fsp3) is 0.391. The number of phosphoric acid groups is 1. The van der Waals surface area contributed by atoms with Gasteiger partial charge in [0.15, 0.2) is 17.2 Å². The predicted molar refractivity (Wildman–Crippen MR) is 145 cm³/mol. The third-order valence-electron chi connectivity index (χ3n) is 6.76. The summed E-state index contributed by atoms with van der Waals surface area (Å²) in [6, 6.07) is 6.48. The maximum Gasteiger partial charge on any atom is 0.469 e. The van der Waals surface area contributed by atoms with Gasteiger partial charge < -0.3 is 35.3 Å². The van der Waals surface area contributed by atoms with Crippen LogP contribution < -0.4 is 15.5 Å². The number of fused-ring (bicyclic) bond motifs is 1. The molecule has 1 amide bonds. The number of piperidine rings is 1. The Morgan fingerprint density at radius 3 is 2.66 bits per heavy atom. The van der Waals surface area contributed by atoms with Crippen LogP contribution in [-0.4, -0.2) is 83.8 Å². The van der Waals surface area contributed by atoms with Gasteiger partial charge in [0.25, 0.3) is 0 Å². The molecule has 18 heteroatoms. The molecule has 3 heterocycles. The van der Waals surface area contributed by atoms with E-state index >= 15 is 0 Å². The number of carboxylic acid groups (broad SMARTS) is 1. The zero-order valence-electron chi connectivity index (χ0n) is 21.5. The number of hydrogen-bond acceptors (Lipinski definition) is 11. The molecule has 5 N–H and O–H groups in total. The van der Waals surface area contributed by atoms with E-state index in [1.54, 1.807) is 4.90 Å². The smallest absolute Gasteiger partial charge is 0.465 e. The van der Waals surface area contributed by atoms with Gasteiger partial charge >= 0.3 is 13.9 Å². The van der Waals surface area contributed by atoms with Crippen molar-refractivity contribution in [2.45, 2.75) is 37.5 Å². The first-order valence-corrected chi connectivity index (χ1v) is 14.3. The molecule has 2 aromatic heterocycles. The molecule has 1 saturated heterocycles. The lowest BCUT2D eigenvalue weighted by atomic mass is 9.99. The molecule has 0 unspecified atom stereocenters. The summed E-state index contributed by atoms with van der Waals surface area (Å²) in [6.45, 7) is 0.121. The van der Waals surface area contributed by atoms with Crippen molar-refractivity contribution < 1.29 is 28.8 Å². The van der Waals surface area contributed by atoms with Crippen LogP contribution in [0.2, 0.25) is 5.02 Å². The Kier molecular flexibility index (Phi) is 7.61. The molecule has 0 radical (unpaired) electrons. The number of nitriles is 2. The van der Waals surface area contributed by atoms with E-state index in [1.165, 1.54) is 29.9 Å². The van der Waals surface area contributed by atoms with Crippen molar-refractivity contribution in [1.82, 2.24) is 24.5 Å². The second-order valence-electron chi connectivity index (χ2n) is 9.62. The number of nitrogens with one attached hydrogen (secondary N) is 2. The van der Waals surface area contributed by atoms with E-state index in [0.29, 0.717) is 17.2 Å². The number of rotatable bonds is 8. The van der Waals surface area contributed by atoms with Gasteiger partial charge in [0.05, 0.1) is 40.3 Å². The number of phosphoric ester groups is 1. The summed E-state index contributed by atoms with van der Waals surface area (Å²) in [5.74, 6) is 0.490. The van der Waals surface area contributed by atoms with Crippen molar-refractivity contribution in [3.05, 3.63) is 34.6 Å². The van der Waals surface area contributed by atoms with Crippen LogP contribution in [0.5, 0.6) is 0 Å². The Labute approximate surface area is 238 Å². The van der Waals surface area contributed by atoms with Gasteiger partial charge in [-0.25, -0.2) is 14.3 Å². The lowest BCUT2D eigenvalue weighted by Crippen LogP contribution is -2.55. The number of amides is 1. The zero-order valence-corrected chi connectivity index (χ0v) is 23.1. The molecule has 2 fully saturated rings. The fourth-order valence-corrected chi connectivity index (χ4v) is 5.47. The molecule has 41 heavy (non-hydrogen) atoms. The summed E-state index contributed by atoms with van der Waals surface area (Å²) in [6.07, 6.45) is 1.01. The van der Waals surface area contributed by atoms with Crippen molar-refractivity contribution in [3.8, 4) is 12.1 Å². The number of anilines is 4. The quantitative estimate of drug-likeness (QED) is 0.233. The summed E-state index contributed by atoms with van der Waals surface area (Å²) in [5.41, 5.74) is 1.38. The highest BCUT2D eigenvalue weighted by molar-refractivity contribution is 7.46. The number of imidazole rings is 1. The summed E-state index contributed by atoms with van der Waals surface area (Å²) in [5, 5.41) is 39.5. The number of carbonyl (C=O) groups is 1.